The van der Waals surface area contributed by atoms with Crippen LogP contribution in [0.3, 0.4) is 0 Å². The van der Waals surface area contributed by atoms with Crippen molar-refractivity contribution in [1.29, 1.82) is 0 Å². The third-order valence-electron chi connectivity index (χ3n) is 4.70. The van der Waals surface area contributed by atoms with Gasteiger partial charge in [0.05, 0.1) is 6.54 Å². The Hall–Kier alpha value is -3.86. The van der Waals surface area contributed by atoms with E-state index in [1.54, 1.807) is 6.20 Å². The van der Waals surface area contributed by atoms with Gasteiger partial charge in [0.2, 0.25) is 0 Å². The van der Waals surface area contributed by atoms with Gasteiger partial charge < -0.3 is 10.6 Å². The molecule has 1 aromatic heterocycles. The van der Waals surface area contributed by atoms with E-state index in [2.05, 4.69) is 33.9 Å². The van der Waals surface area contributed by atoms with Crippen LogP contribution < -0.4 is 10.6 Å². The van der Waals surface area contributed by atoms with Gasteiger partial charge in [0, 0.05) is 24.6 Å². The van der Waals surface area contributed by atoms with Gasteiger partial charge in [0.15, 0.2) is 0 Å². The van der Waals surface area contributed by atoms with Crippen LogP contribution in [0.2, 0.25) is 0 Å². The Morgan fingerprint density at radius 2 is 1.48 bits per heavy atom. The van der Waals surface area contributed by atoms with Gasteiger partial charge in [-0.15, -0.1) is 0 Å². The van der Waals surface area contributed by atoms with Crippen LogP contribution in [0.1, 0.15) is 11.1 Å². The first-order chi connectivity index (χ1) is 14.3. The molecule has 0 unspecified atom stereocenters. The maximum Gasteiger partial charge on any atom is 0.319 e. The van der Waals surface area contributed by atoms with Gasteiger partial charge in [-0.3, -0.25) is 4.68 Å². The Balaban J connectivity index is 1.35. The van der Waals surface area contributed by atoms with Gasteiger partial charge in [-0.25, -0.2) is 4.79 Å². The van der Waals surface area contributed by atoms with E-state index in [0.29, 0.717) is 13.1 Å². The summed E-state index contributed by atoms with van der Waals surface area (Å²) in [5.41, 5.74) is 5.22. The minimum Gasteiger partial charge on any atom is -0.334 e. The number of nitrogens with zero attached hydrogens (tertiary/aromatic N) is 2. The number of urea groups is 1. The lowest BCUT2D eigenvalue weighted by Gasteiger charge is -2.12. The standard InChI is InChI=1S/C24H22N4O/c29-24(27-23-13-11-20(12-14-23)19-7-2-1-3-8-19)25-17-21-9-4-5-10-22(21)18-28-16-6-15-26-28/h1-16H,17-18H2,(H2,25,27,29). The zero-order chi connectivity index (χ0) is 19.9. The highest BCUT2D eigenvalue weighted by atomic mass is 16.2. The number of hydrogen-bond donors (Lipinski definition) is 2. The normalized spacial score (nSPS) is 10.5. The summed E-state index contributed by atoms with van der Waals surface area (Å²) in [6.45, 7) is 1.12. The van der Waals surface area contributed by atoms with Crippen molar-refractivity contribution in [1.82, 2.24) is 15.1 Å². The SMILES string of the molecule is O=C(NCc1ccccc1Cn1cccn1)Nc1ccc(-c2ccccc2)cc1. The van der Waals surface area contributed by atoms with E-state index in [-0.39, 0.29) is 6.03 Å². The zero-order valence-electron chi connectivity index (χ0n) is 16.0. The lowest BCUT2D eigenvalue weighted by Crippen LogP contribution is -2.28. The fourth-order valence-corrected chi connectivity index (χ4v) is 3.18. The van der Waals surface area contributed by atoms with Crippen molar-refractivity contribution in [2.24, 2.45) is 0 Å². The van der Waals surface area contributed by atoms with Crippen LogP contribution in [0.5, 0.6) is 0 Å². The lowest BCUT2D eigenvalue weighted by molar-refractivity contribution is 0.251. The van der Waals surface area contributed by atoms with E-state index in [4.69, 9.17) is 0 Å². The van der Waals surface area contributed by atoms with Gasteiger partial charge in [-0.2, -0.15) is 5.10 Å². The second-order valence-electron chi connectivity index (χ2n) is 6.72. The largest absolute Gasteiger partial charge is 0.334 e. The van der Waals surface area contributed by atoms with E-state index < -0.39 is 0 Å². The van der Waals surface area contributed by atoms with Crippen molar-refractivity contribution in [3.8, 4) is 11.1 Å². The summed E-state index contributed by atoms with van der Waals surface area (Å²) in [7, 11) is 0. The highest BCUT2D eigenvalue weighted by Gasteiger charge is 2.06. The maximum absolute atomic E-state index is 12.3. The zero-order valence-corrected chi connectivity index (χ0v) is 16.0. The number of aromatic nitrogens is 2. The number of carbonyl (C=O) groups excluding carboxylic acids is 1. The van der Waals surface area contributed by atoms with Crippen LogP contribution in [-0.2, 0) is 13.1 Å². The van der Waals surface area contributed by atoms with Gasteiger partial charge in [0.1, 0.15) is 0 Å². The monoisotopic (exact) mass is 382 g/mol. The van der Waals surface area contributed by atoms with Gasteiger partial charge in [-0.05, 0) is 40.5 Å². The van der Waals surface area contributed by atoms with Crippen LogP contribution in [0.25, 0.3) is 11.1 Å². The molecule has 5 heteroatoms. The summed E-state index contributed by atoms with van der Waals surface area (Å²) in [6.07, 6.45) is 3.69. The molecule has 2 amide bonds. The van der Waals surface area contributed by atoms with Crippen molar-refractivity contribution in [2.45, 2.75) is 13.1 Å². The quantitative estimate of drug-likeness (QED) is 0.497. The number of amides is 2. The fraction of sp³-hybridized carbons (Fsp3) is 0.0833. The van der Waals surface area contributed by atoms with Crippen molar-refractivity contribution < 1.29 is 4.79 Å². The molecular weight excluding hydrogens is 360 g/mol. The van der Waals surface area contributed by atoms with Gasteiger partial charge >= 0.3 is 6.03 Å². The van der Waals surface area contributed by atoms with Crippen LogP contribution in [-0.4, -0.2) is 15.8 Å². The van der Waals surface area contributed by atoms with Crippen LogP contribution in [0.15, 0.2) is 97.3 Å². The minimum atomic E-state index is -0.230. The van der Waals surface area contributed by atoms with Crippen molar-refractivity contribution >= 4 is 11.7 Å². The molecule has 4 rings (SSSR count). The second kappa shape index (κ2) is 8.89. The van der Waals surface area contributed by atoms with E-state index in [9.17, 15) is 4.79 Å². The van der Waals surface area contributed by atoms with Crippen molar-refractivity contribution in [3.63, 3.8) is 0 Å². The molecule has 0 atom stereocenters. The molecule has 0 aliphatic heterocycles. The van der Waals surface area contributed by atoms with Crippen LogP contribution in [0.4, 0.5) is 10.5 Å². The molecule has 0 aliphatic rings. The first kappa shape index (κ1) is 18.5. The summed E-state index contributed by atoms with van der Waals surface area (Å²) in [5.74, 6) is 0. The molecule has 1 heterocycles. The van der Waals surface area contributed by atoms with E-state index in [0.717, 1.165) is 27.9 Å². The predicted octanol–water partition coefficient (Wildman–Crippen LogP) is 4.92. The molecule has 0 bridgehead atoms. The number of anilines is 1. The van der Waals surface area contributed by atoms with Crippen LogP contribution >= 0.6 is 0 Å². The molecule has 0 radical (unpaired) electrons. The number of benzene rings is 3. The highest BCUT2D eigenvalue weighted by molar-refractivity contribution is 5.89. The van der Waals surface area contributed by atoms with E-state index in [1.807, 2.05) is 77.6 Å². The van der Waals surface area contributed by atoms with Gasteiger partial charge in [-0.1, -0.05) is 66.7 Å². The predicted molar refractivity (Wildman–Crippen MR) is 116 cm³/mol. The molecule has 5 nitrogen and oxygen atoms in total. The number of carbonyl (C=O) groups is 1. The Morgan fingerprint density at radius 3 is 2.21 bits per heavy atom. The number of rotatable bonds is 6. The molecule has 144 valence electrons. The molecule has 0 saturated carbocycles. The first-order valence-electron chi connectivity index (χ1n) is 9.52. The molecule has 2 N–H and O–H groups in total. The van der Waals surface area contributed by atoms with Crippen molar-refractivity contribution in [3.05, 3.63) is 108 Å². The summed E-state index contributed by atoms with van der Waals surface area (Å²) >= 11 is 0. The molecule has 3 aromatic carbocycles. The average molecular weight is 382 g/mol. The third kappa shape index (κ3) is 4.90. The molecule has 0 fully saturated rings. The summed E-state index contributed by atoms with van der Waals surface area (Å²) in [5, 5.41) is 10.1. The summed E-state index contributed by atoms with van der Waals surface area (Å²) in [4.78, 5) is 12.3. The Kier molecular flexibility index (Phi) is 5.67. The Bertz CT molecular complexity index is 1060. The molecule has 4 aromatic rings. The molecule has 29 heavy (non-hydrogen) atoms. The lowest BCUT2D eigenvalue weighted by atomic mass is 10.1. The molecular formula is C24H22N4O. The average Bonchev–Trinajstić information content (AvgIpc) is 3.27. The number of nitrogens with one attached hydrogen (secondary N) is 2. The minimum absolute atomic E-state index is 0.230. The van der Waals surface area contributed by atoms with Crippen molar-refractivity contribution in [2.75, 3.05) is 5.32 Å². The smallest absolute Gasteiger partial charge is 0.319 e. The molecule has 0 aliphatic carbocycles. The van der Waals surface area contributed by atoms with E-state index >= 15 is 0 Å². The van der Waals surface area contributed by atoms with E-state index in [1.165, 1.54) is 0 Å². The van der Waals surface area contributed by atoms with Gasteiger partial charge in [0.25, 0.3) is 0 Å². The summed E-state index contributed by atoms with van der Waals surface area (Å²) < 4.78 is 1.87. The highest BCUT2D eigenvalue weighted by Crippen LogP contribution is 2.21. The summed E-state index contributed by atoms with van der Waals surface area (Å²) in [6, 6.07) is 27.7. The number of hydrogen-bond acceptors (Lipinski definition) is 2. The second-order valence-corrected chi connectivity index (χ2v) is 6.72. The maximum atomic E-state index is 12.3. The first-order valence-corrected chi connectivity index (χ1v) is 9.52. The topological polar surface area (TPSA) is 59.0 Å². The Morgan fingerprint density at radius 1 is 0.793 bits per heavy atom. The van der Waals surface area contributed by atoms with Crippen LogP contribution in [0, 0.1) is 0 Å². The fourth-order valence-electron chi connectivity index (χ4n) is 3.18. The third-order valence-corrected chi connectivity index (χ3v) is 4.70. The molecule has 0 saturated heterocycles. The Labute approximate surface area is 170 Å². The molecule has 0 spiro atoms.